The smallest absolute Gasteiger partial charge is 0.00608 e. The fraction of sp³-hybridized carbons (Fsp3) is 0.750. The molecule has 0 aromatic rings. The lowest BCUT2D eigenvalue weighted by molar-refractivity contribution is 0.431. The molecule has 0 saturated carbocycles. The predicted octanol–water partition coefficient (Wildman–Crippen LogP) is 4.04. The first-order valence-electron chi connectivity index (χ1n) is 5.16. The van der Waals surface area contributed by atoms with Gasteiger partial charge in [0, 0.05) is 5.71 Å². The van der Waals surface area contributed by atoms with Crippen LogP contribution in [0.5, 0.6) is 0 Å². The lowest BCUT2D eigenvalue weighted by atomic mass is 9.87. The highest BCUT2D eigenvalue weighted by Crippen LogP contribution is 2.23. The van der Waals surface area contributed by atoms with Crippen molar-refractivity contribution in [2.24, 2.45) is 11.8 Å². The molecule has 1 nitrogen and oxygen atoms in total. The maximum Gasteiger partial charge on any atom is 0.00608 e. The minimum atomic E-state index is 0.624. The SMILES string of the molecule is C=C(C)C(CC)CC(C)CC(C)=N. The maximum absolute atomic E-state index is 7.41. The molecule has 0 rings (SSSR count). The van der Waals surface area contributed by atoms with E-state index in [1.165, 1.54) is 18.4 Å². The van der Waals surface area contributed by atoms with Gasteiger partial charge in [-0.1, -0.05) is 26.0 Å². The van der Waals surface area contributed by atoms with Crippen LogP contribution in [0.25, 0.3) is 0 Å². The van der Waals surface area contributed by atoms with Crippen molar-refractivity contribution in [1.82, 2.24) is 0 Å². The lowest BCUT2D eigenvalue weighted by Gasteiger charge is -2.19. The highest BCUT2D eigenvalue weighted by molar-refractivity contribution is 5.78. The Morgan fingerprint density at radius 3 is 2.23 bits per heavy atom. The first-order valence-corrected chi connectivity index (χ1v) is 5.16. The first kappa shape index (κ1) is 12.4. The largest absolute Gasteiger partial charge is 0.310 e. The summed E-state index contributed by atoms with van der Waals surface area (Å²) < 4.78 is 0. The quantitative estimate of drug-likeness (QED) is 0.472. The average molecular weight is 181 g/mol. The summed E-state index contributed by atoms with van der Waals surface area (Å²) >= 11 is 0. The van der Waals surface area contributed by atoms with Gasteiger partial charge in [-0.25, -0.2) is 0 Å². The van der Waals surface area contributed by atoms with E-state index in [9.17, 15) is 0 Å². The van der Waals surface area contributed by atoms with Gasteiger partial charge in [-0.3, -0.25) is 0 Å². The van der Waals surface area contributed by atoms with E-state index in [-0.39, 0.29) is 0 Å². The molecule has 0 heterocycles. The summed E-state index contributed by atoms with van der Waals surface area (Å²) in [6.45, 7) is 12.4. The van der Waals surface area contributed by atoms with Gasteiger partial charge < -0.3 is 5.41 Å². The molecule has 1 heteroatoms. The van der Waals surface area contributed by atoms with E-state index in [0.29, 0.717) is 11.8 Å². The summed E-state index contributed by atoms with van der Waals surface area (Å²) in [6, 6.07) is 0. The monoisotopic (exact) mass is 181 g/mol. The number of nitrogens with one attached hydrogen (secondary N) is 1. The molecule has 2 atom stereocenters. The second kappa shape index (κ2) is 5.95. The summed E-state index contributed by atoms with van der Waals surface area (Å²) in [5.74, 6) is 1.27. The summed E-state index contributed by atoms with van der Waals surface area (Å²) in [4.78, 5) is 0. The molecular weight excluding hydrogens is 158 g/mol. The Morgan fingerprint density at radius 2 is 1.92 bits per heavy atom. The van der Waals surface area contributed by atoms with Gasteiger partial charge in [0.25, 0.3) is 0 Å². The fourth-order valence-corrected chi connectivity index (χ4v) is 1.81. The Kier molecular flexibility index (Phi) is 5.68. The molecule has 0 fully saturated rings. The molecular formula is C12H23N. The molecule has 1 N–H and O–H groups in total. The van der Waals surface area contributed by atoms with E-state index in [0.717, 1.165) is 12.1 Å². The zero-order valence-corrected chi connectivity index (χ0v) is 9.48. The number of allylic oxidation sites excluding steroid dienone is 1. The molecule has 0 amide bonds. The Morgan fingerprint density at radius 1 is 1.38 bits per heavy atom. The number of rotatable bonds is 6. The summed E-state index contributed by atoms with van der Waals surface area (Å²) in [5.41, 5.74) is 2.08. The molecule has 76 valence electrons. The Balaban J connectivity index is 3.93. The van der Waals surface area contributed by atoms with E-state index in [1.807, 2.05) is 6.92 Å². The maximum atomic E-state index is 7.41. The minimum absolute atomic E-state index is 0.624. The van der Waals surface area contributed by atoms with Crippen molar-refractivity contribution >= 4 is 5.71 Å². The van der Waals surface area contributed by atoms with E-state index in [4.69, 9.17) is 5.41 Å². The minimum Gasteiger partial charge on any atom is -0.310 e. The Bertz CT molecular complexity index is 182. The Labute approximate surface area is 82.7 Å². The normalized spacial score (nSPS) is 15.1. The van der Waals surface area contributed by atoms with Crippen LogP contribution in [0, 0.1) is 17.2 Å². The van der Waals surface area contributed by atoms with Crippen LogP contribution in [0.1, 0.15) is 47.0 Å². The lowest BCUT2D eigenvalue weighted by Crippen LogP contribution is -2.09. The molecule has 0 aromatic carbocycles. The van der Waals surface area contributed by atoms with Crippen LogP contribution in [0.3, 0.4) is 0 Å². The van der Waals surface area contributed by atoms with Crippen LogP contribution in [0.2, 0.25) is 0 Å². The highest BCUT2D eigenvalue weighted by Gasteiger charge is 2.12. The molecule has 0 spiro atoms. The summed E-state index contributed by atoms with van der Waals surface area (Å²) in [5, 5.41) is 7.41. The van der Waals surface area contributed by atoms with Crippen molar-refractivity contribution < 1.29 is 0 Å². The molecule has 0 aliphatic heterocycles. The zero-order chi connectivity index (χ0) is 10.4. The molecule has 0 aliphatic carbocycles. The summed E-state index contributed by atoms with van der Waals surface area (Å²) in [6.07, 6.45) is 3.29. The van der Waals surface area contributed by atoms with Gasteiger partial charge in [-0.05, 0) is 44.9 Å². The standard InChI is InChI=1S/C12H23N/c1-6-12(9(2)3)8-10(4)7-11(5)13/h10,12-13H,2,6-8H2,1,3-5H3. The first-order chi connectivity index (χ1) is 5.97. The second-order valence-corrected chi connectivity index (χ2v) is 4.28. The molecule has 2 unspecified atom stereocenters. The predicted molar refractivity (Wildman–Crippen MR) is 60.4 cm³/mol. The van der Waals surface area contributed by atoms with Gasteiger partial charge in [0.05, 0.1) is 0 Å². The third-order valence-corrected chi connectivity index (χ3v) is 2.53. The molecule has 0 saturated heterocycles. The van der Waals surface area contributed by atoms with E-state index in [1.54, 1.807) is 0 Å². The van der Waals surface area contributed by atoms with Crippen molar-refractivity contribution in [1.29, 1.82) is 5.41 Å². The van der Waals surface area contributed by atoms with E-state index in [2.05, 4.69) is 27.4 Å². The van der Waals surface area contributed by atoms with Crippen LogP contribution in [-0.2, 0) is 0 Å². The molecule has 13 heavy (non-hydrogen) atoms. The van der Waals surface area contributed by atoms with Crippen molar-refractivity contribution in [2.45, 2.75) is 47.0 Å². The number of hydrogen-bond donors (Lipinski definition) is 1. The Hall–Kier alpha value is -0.590. The zero-order valence-electron chi connectivity index (χ0n) is 9.48. The van der Waals surface area contributed by atoms with Crippen molar-refractivity contribution in [3.8, 4) is 0 Å². The average Bonchev–Trinajstić information content (AvgIpc) is 1.98. The van der Waals surface area contributed by atoms with Gasteiger partial charge in [-0.2, -0.15) is 0 Å². The van der Waals surface area contributed by atoms with Gasteiger partial charge in [0.1, 0.15) is 0 Å². The molecule has 0 aromatic heterocycles. The van der Waals surface area contributed by atoms with Gasteiger partial charge in [-0.15, -0.1) is 0 Å². The molecule has 0 aliphatic rings. The molecule has 0 bridgehead atoms. The third kappa shape index (κ3) is 5.62. The van der Waals surface area contributed by atoms with Crippen molar-refractivity contribution in [3.63, 3.8) is 0 Å². The topological polar surface area (TPSA) is 23.9 Å². The van der Waals surface area contributed by atoms with Gasteiger partial charge in [0.15, 0.2) is 0 Å². The van der Waals surface area contributed by atoms with Crippen LogP contribution < -0.4 is 0 Å². The van der Waals surface area contributed by atoms with Crippen LogP contribution in [0.15, 0.2) is 12.2 Å². The van der Waals surface area contributed by atoms with Crippen molar-refractivity contribution in [3.05, 3.63) is 12.2 Å². The van der Waals surface area contributed by atoms with Gasteiger partial charge in [0.2, 0.25) is 0 Å². The van der Waals surface area contributed by atoms with Crippen LogP contribution in [-0.4, -0.2) is 5.71 Å². The van der Waals surface area contributed by atoms with Crippen LogP contribution in [0.4, 0.5) is 0 Å². The van der Waals surface area contributed by atoms with E-state index < -0.39 is 0 Å². The van der Waals surface area contributed by atoms with E-state index >= 15 is 0 Å². The fourth-order valence-electron chi connectivity index (χ4n) is 1.81. The highest BCUT2D eigenvalue weighted by atomic mass is 14.4. The second-order valence-electron chi connectivity index (χ2n) is 4.28. The third-order valence-electron chi connectivity index (χ3n) is 2.53. The van der Waals surface area contributed by atoms with Crippen LogP contribution >= 0.6 is 0 Å². The summed E-state index contributed by atoms with van der Waals surface area (Å²) in [7, 11) is 0. The molecule has 0 radical (unpaired) electrons. The van der Waals surface area contributed by atoms with Crippen molar-refractivity contribution in [2.75, 3.05) is 0 Å². The number of hydrogen-bond acceptors (Lipinski definition) is 1. The van der Waals surface area contributed by atoms with Gasteiger partial charge >= 0.3 is 0 Å².